The molecule has 1 rings (SSSR count). The highest BCUT2D eigenvalue weighted by Gasteiger charge is 2.38. The third-order valence-corrected chi connectivity index (χ3v) is 9.93. The predicted octanol–water partition coefficient (Wildman–Crippen LogP) is 6.05. The van der Waals surface area contributed by atoms with Crippen LogP contribution < -0.4 is 5.32 Å². The Hall–Kier alpha value is -0.923. The lowest BCUT2D eigenvalue weighted by Crippen LogP contribution is -2.48. The topological polar surface area (TPSA) is 47.6 Å². The van der Waals surface area contributed by atoms with Crippen molar-refractivity contribution in [3.63, 3.8) is 0 Å². The summed E-state index contributed by atoms with van der Waals surface area (Å²) >= 11 is 3.40. The minimum atomic E-state index is -2.01. The van der Waals surface area contributed by atoms with Crippen LogP contribution in [0.4, 0.5) is 9.18 Å². The zero-order valence-corrected chi connectivity index (χ0v) is 20.3. The number of alkyl carbamates (subject to hydrolysis) is 1. The minimum absolute atomic E-state index is 0.0437. The number of benzene rings is 1. The Morgan fingerprint density at radius 2 is 1.81 bits per heavy atom. The van der Waals surface area contributed by atoms with Crippen LogP contribution in [0.3, 0.4) is 0 Å². The summed E-state index contributed by atoms with van der Waals surface area (Å²) < 4.78 is 26.6. The number of carbonyl (C=O) groups is 1. The summed E-state index contributed by atoms with van der Waals surface area (Å²) in [6.07, 6.45) is -0.222. The lowest BCUT2D eigenvalue weighted by molar-refractivity contribution is 0.0484. The lowest BCUT2D eigenvalue weighted by atomic mass is 10.1. The van der Waals surface area contributed by atoms with Crippen LogP contribution in [0, 0.1) is 5.82 Å². The van der Waals surface area contributed by atoms with E-state index in [4.69, 9.17) is 9.16 Å². The molecule has 1 amide bonds. The molecular weight excluding hydrogens is 429 g/mol. The summed E-state index contributed by atoms with van der Waals surface area (Å²) in [6.45, 7) is 16.5. The van der Waals surface area contributed by atoms with Crippen molar-refractivity contribution >= 4 is 30.3 Å². The van der Waals surface area contributed by atoms with Gasteiger partial charge in [0, 0.05) is 10.0 Å². The normalized spacial score (nSPS) is 14.0. The number of halogens is 2. The fourth-order valence-corrected chi connectivity index (χ4v) is 3.68. The summed E-state index contributed by atoms with van der Waals surface area (Å²) in [5.74, 6) is -0.312. The van der Waals surface area contributed by atoms with Crippen LogP contribution in [0.15, 0.2) is 22.7 Å². The van der Waals surface area contributed by atoms with E-state index in [2.05, 4.69) is 55.1 Å². The van der Waals surface area contributed by atoms with Gasteiger partial charge in [0.2, 0.25) is 0 Å². The molecule has 0 aliphatic carbocycles. The molecule has 0 aromatic heterocycles. The third kappa shape index (κ3) is 7.91. The van der Waals surface area contributed by atoms with Gasteiger partial charge >= 0.3 is 6.09 Å². The molecule has 0 heterocycles. The van der Waals surface area contributed by atoms with Crippen molar-refractivity contribution in [1.29, 1.82) is 0 Å². The van der Waals surface area contributed by atoms with Gasteiger partial charge < -0.3 is 14.5 Å². The monoisotopic (exact) mass is 461 g/mol. The highest BCUT2D eigenvalue weighted by atomic mass is 79.9. The Morgan fingerprint density at radius 1 is 1.22 bits per heavy atom. The van der Waals surface area contributed by atoms with Crippen molar-refractivity contribution in [2.45, 2.75) is 77.7 Å². The third-order valence-electron chi connectivity index (χ3n) is 4.68. The van der Waals surface area contributed by atoms with E-state index in [0.29, 0.717) is 23.1 Å². The summed E-state index contributed by atoms with van der Waals surface area (Å²) in [6, 6.07) is 4.45. The Kier molecular flexibility index (Phi) is 8.08. The van der Waals surface area contributed by atoms with Gasteiger partial charge in [0.25, 0.3) is 0 Å². The first-order valence-corrected chi connectivity index (χ1v) is 12.9. The molecule has 1 aromatic rings. The van der Waals surface area contributed by atoms with E-state index >= 15 is 0 Å². The second-order valence-corrected chi connectivity index (χ2v) is 15.0. The van der Waals surface area contributed by atoms with Gasteiger partial charge in [0.1, 0.15) is 11.4 Å². The first-order chi connectivity index (χ1) is 12.1. The number of amides is 1. The van der Waals surface area contributed by atoms with Crippen LogP contribution in [0.5, 0.6) is 0 Å². The van der Waals surface area contributed by atoms with Gasteiger partial charge in [-0.2, -0.15) is 0 Å². The molecule has 0 spiro atoms. The van der Waals surface area contributed by atoms with Gasteiger partial charge in [-0.1, -0.05) is 42.8 Å². The quantitative estimate of drug-likeness (QED) is 0.524. The van der Waals surface area contributed by atoms with Gasteiger partial charge in [-0.25, -0.2) is 9.18 Å². The molecule has 0 saturated heterocycles. The smallest absolute Gasteiger partial charge is 0.407 e. The fraction of sp³-hybridized carbons (Fsp3) is 0.650. The summed E-state index contributed by atoms with van der Waals surface area (Å²) in [7, 11) is -2.01. The molecule has 0 saturated carbocycles. The summed E-state index contributed by atoms with van der Waals surface area (Å²) in [4.78, 5) is 12.3. The van der Waals surface area contributed by atoms with Crippen molar-refractivity contribution in [3.05, 3.63) is 34.1 Å². The average Bonchev–Trinajstić information content (AvgIpc) is 2.45. The maximum atomic E-state index is 14.3. The molecule has 0 aliphatic rings. The van der Waals surface area contributed by atoms with Crippen LogP contribution >= 0.6 is 15.9 Å². The van der Waals surface area contributed by atoms with Crippen LogP contribution in [-0.4, -0.2) is 32.7 Å². The molecule has 0 fully saturated rings. The SMILES string of the molecule is CC(C)(C)OC(=O)N[C@H](CO[Si](C)(C)C(C)(C)C)Cc1c(F)cccc1Br. The zero-order chi connectivity index (χ0) is 21.0. The fourth-order valence-electron chi connectivity index (χ4n) is 2.13. The molecule has 1 atom stereocenters. The molecule has 1 aromatic carbocycles. The van der Waals surface area contributed by atoms with Crippen molar-refractivity contribution < 1.29 is 18.3 Å². The van der Waals surface area contributed by atoms with Crippen molar-refractivity contribution in [1.82, 2.24) is 5.32 Å². The standard InChI is InChI=1S/C20H33BrFNO3Si/c1-19(2,3)26-18(24)23-14(13-25-27(7,8)20(4,5)6)12-15-16(21)10-9-11-17(15)22/h9-11,14H,12-13H2,1-8H3,(H,23,24)/t14-/m0/s1. The first-order valence-electron chi connectivity index (χ1n) is 9.19. The predicted molar refractivity (Wildman–Crippen MR) is 114 cm³/mol. The highest BCUT2D eigenvalue weighted by Crippen LogP contribution is 2.36. The Labute approximate surface area is 172 Å². The molecule has 0 aliphatic heterocycles. The molecule has 0 radical (unpaired) electrons. The van der Waals surface area contributed by atoms with Crippen molar-refractivity contribution in [2.24, 2.45) is 0 Å². The minimum Gasteiger partial charge on any atom is -0.444 e. The van der Waals surface area contributed by atoms with E-state index in [1.54, 1.807) is 32.9 Å². The van der Waals surface area contributed by atoms with E-state index in [0.717, 1.165) is 0 Å². The number of nitrogens with one attached hydrogen (secondary N) is 1. The molecule has 0 unspecified atom stereocenters. The Morgan fingerprint density at radius 3 is 2.30 bits per heavy atom. The van der Waals surface area contributed by atoms with Crippen LogP contribution in [0.25, 0.3) is 0 Å². The second kappa shape index (κ2) is 9.05. The van der Waals surface area contributed by atoms with E-state index in [1.807, 2.05) is 0 Å². The largest absolute Gasteiger partial charge is 0.444 e. The van der Waals surface area contributed by atoms with Crippen molar-refractivity contribution in [2.75, 3.05) is 6.61 Å². The molecule has 7 heteroatoms. The van der Waals surface area contributed by atoms with E-state index in [1.165, 1.54) is 6.07 Å². The van der Waals surface area contributed by atoms with E-state index < -0.39 is 26.1 Å². The molecule has 27 heavy (non-hydrogen) atoms. The lowest BCUT2D eigenvalue weighted by Gasteiger charge is -2.37. The molecule has 0 bridgehead atoms. The van der Waals surface area contributed by atoms with Gasteiger partial charge in [-0.15, -0.1) is 0 Å². The van der Waals surface area contributed by atoms with Crippen LogP contribution in [0.2, 0.25) is 18.1 Å². The van der Waals surface area contributed by atoms with E-state index in [-0.39, 0.29) is 10.9 Å². The van der Waals surface area contributed by atoms with Gasteiger partial charge in [-0.05, 0) is 57.5 Å². The zero-order valence-electron chi connectivity index (χ0n) is 17.7. The number of ether oxygens (including phenoxy) is 1. The average molecular weight is 462 g/mol. The Balaban J connectivity index is 2.97. The number of carbonyl (C=O) groups excluding carboxylic acids is 1. The Bertz CT molecular complexity index is 633. The highest BCUT2D eigenvalue weighted by molar-refractivity contribution is 9.10. The second-order valence-electron chi connectivity index (χ2n) is 9.32. The maximum Gasteiger partial charge on any atom is 0.407 e. The van der Waals surface area contributed by atoms with Gasteiger partial charge in [-0.3, -0.25) is 0 Å². The maximum absolute atomic E-state index is 14.3. The molecule has 1 N–H and O–H groups in total. The summed E-state index contributed by atoms with van der Waals surface area (Å²) in [5.41, 5.74) is -0.0922. The number of hydrogen-bond donors (Lipinski definition) is 1. The summed E-state index contributed by atoms with van der Waals surface area (Å²) in [5, 5.41) is 2.89. The van der Waals surface area contributed by atoms with Crippen LogP contribution in [0.1, 0.15) is 47.1 Å². The van der Waals surface area contributed by atoms with Crippen LogP contribution in [-0.2, 0) is 15.6 Å². The van der Waals surface area contributed by atoms with Gasteiger partial charge in [0.05, 0.1) is 12.6 Å². The first kappa shape index (κ1) is 24.1. The number of hydrogen-bond acceptors (Lipinski definition) is 3. The van der Waals surface area contributed by atoms with Crippen molar-refractivity contribution in [3.8, 4) is 0 Å². The van der Waals surface area contributed by atoms with E-state index in [9.17, 15) is 9.18 Å². The van der Waals surface area contributed by atoms with Gasteiger partial charge in [0.15, 0.2) is 8.32 Å². The molecular formula is C20H33BrFNO3Si. The number of rotatable bonds is 6. The molecule has 4 nitrogen and oxygen atoms in total. The molecule has 154 valence electrons.